The van der Waals surface area contributed by atoms with Crippen LogP contribution in [0.2, 0.25) is 0 Å². The van der Waals surface area contributed by atoms with Gasteiger partial charge in [-0.3, -0.25) is 9.59 Å². The van der Waals surface area contributed by atoms with Gasteiger partial charge in [0.1, 0.15) is 6.61 Å². The van der Waals surface area contributed by atoms with Gasteiger partial charge >= 0.3 is 0 Å². The number of piperidine rings is 1. The molecule has 5 nitrogen and oxygen atoms in total. The number of nitrogens with zero attached hydrogens (tertiary/aromatic N) is 2. The lowest BCUT2D eigenvalue weighted by atomic mass is 9.84. The Balaban J connectivity index is 1.64. The minimum Gasteiger partial charge on any atom is -0.363 e. The molecule has 2 aliphatic heterocycles. The molecular weight excluding hydrogens is 304 g/mol. The third-order valence-corrected chi connectivity index (χ3v) is 5.92. The van der Waals surface area contributed by atoms with Gasteiger partial charge in [-0.25, -0.2) is 0 Å². The Morgan fingerprint density at radius 2 is 1.88 bits per heavy atom. The van der Waals surface area contributed by atoms with Gasteiger partial charge in [0.15, 0.2) is 0 Å². The predicted molar refractivity (Wildman–Crippen MR) is 90.6 cm³/mol. The summed E-state index contributed by atoms with van der Waals surface area (Å²) in [4.78, 5) is 29.1. The van der Waals surface area contributed by atoms with Crippen LogP contribution in [0, 0.1) is 5.41 Å². The molecule has 0 radical (unpaired) electrons. The number of carbonyl (C=O) groups excluding carboxylic acids is 2. The van der Waals surface area contributed by atoms with Crippen molar-refractivity contribution in [2.45, 2.75) is 44.8 Å². The van der Waals surface area contributed by atoms with Crippen LogP contribution in [-0.2, 0) is 14.3 Å². The number of likely N-dealkylation sites (tertiary alicyclic amines) is 1. The molecule has 3 fully saturated rings. The maximum absolute atomic E-state index is 12.8. The largest absolute Gasteiger partial charge is 0.363 e. The van der Waals surface area contributed by atoms with Crippen LogP contribution in [0.15, 0.2) is 30.3 Å². The number of rotatable bonds is 2. The van der Waals surface area contributed by atoms with Crippen LogP contribution in [0.3, 0.4) is 0 Å². The molecule has 2 saturated heterocycles. The summed E-state index contributed by atoms with van der Waals surface area (Å²) in [6.45, 7) is 5.47. The fourth-order valence-electron chi connectivity index (χ4n) is 3.89. The van der Waals surface area contributed by atoms with Gasteiger partial charge in [0.05, 0.1) is 11.6 Å². The topological polar surface area (TPSA) is 49.9 Å². The van der Waals surface area contributed by atoms with Crippen molar-refractivity contribution in [3.8, 4) is 0 Å². The average Bonchev–Trinajstić information content (AvgIpc) is 3.34. The highest BCUT2D eigenvalue weighted by Gasteiger charge is 2.53. The molecule has 5 heteroatoms. The van der Waals surface area contributed by atoms with Gasteiger partial charge in [0.25, 0.3) is 5.91 Å². The molecule has 0 bridgehead atoms. The second-order valence-electron chi connectivity index (χ2n) is 7.78. The van der Waals surface area contributed by atoms with Gasteiger partial charge in [0, 0.05) is 24.2 Å². The summed E-state index contributed by atoms with van der Waals surface area (Å²) in [6, 6.07) is 9.58. The second-order valence-corrected chi connectivity index (χ2v) is 7.78. The van der Waals surface area contributed by atoms with Crippen molar-refractivity contribution in [3.63, 3.8) is 0 Å². The van der Waals surface area contributed by atoms with Crippen molar-refractivity contribution >= 4 is 17.5 Å². The zero-order valence-electron chi connectivity index (χ0n) is 14.3. The fraction of sp³-hybridized carbons (Fsp3) is 0.579. The first-order valence-electron chi connectivity index (χ1n) is 8.73. The fourth-order valence-corrected chi connectivity index (χ4v) is 3.89. The van der Waals surface area contributed by atoms with Crippen LogP contribution in [0.1, 0.15) is 33.1 Å². The monoisotopic (exact) mass is 328 g/mol. The van der Waals surface area contributed by atoms with Gasteiger partial charge in [-0.15, -0.1) is 0 Å². The summed E-state index contributed by atoms with van der Waals surface area (Å²) < 4.78 is 5.93. The van der Waals surface area contributed by atoms with Crippen LogP contribution < -0.4 is 4.90 Å². The SMILES string of the molecule is CC1(C(=O)N2CC[C@@]3(C)OCC(=O)N(c4ccccc4)[C@@H]3C2)CC1. The second kappa shape index (κ2) is 5.31. The first kappa shape index (κ1) is 15.6. The Morgan fingerprint density at radius 1 is 1.17 bits per heavy atom. The van der Waals surface area contributed by atoms with E-state index in [-0.39, 0.29) is 29.9 Å². The molecule has 24 heavy (non-hydrogen) atoms. The number of para-hydroxylation sites is 1. The van der Waals surface area contributed by atoms with Crippen molar-refractivity contribution in [1.29, 1.82) is 0 Å². The van der Waals surface area contributed by atoms with Gasteiger partial charge in [0.2, 0.25) is 5.91 Å². The smallest absolute Gasteiger partial charge is 0.253 e. The molecule has 0 N–H and O–H groups in total. The van der Waals surface area contributed by atoms with Crippen LogP contribution in [0.5, 0.6) is 0 Å². The zero-order valence-corrected chi connectivity index (χ0v) is 14.3. The summed E-state index contributed by atoms with van der Waals surface area (Å²) >= 11 is 0. The van der Waals surface area contributed by atoms with Crippen LogP contribution in [0.25, 0.3) is 0 Å². The van der Waals surface area contributed by atoms with E-state index in [1.807, 2.05) is 47.1 Å². The van der Waals surface area contributed by atoms with E-state index in [9.17, 15) is 9.59 Å². The number of morpholine rings is 1. The number of amides is 2. The van der Waals surface area contributed by atoms with E-state index in [1.54, 1.807) is 0 Å². The van der Waals surface area contributed by atoms with E-state index < -0.39 is 5.60 Å². The molecule has 1 saturated carbocycles. The van der Waals surface area contributed by atoms with Crippen LogP contribution >= 0.6 is 0 Å². The number of benzene rings is 1. The lowest BCUT2D eigenvalue weighted by Gasteiger charge is -2.53. The third kappa shape index (κ3) is 2.42. The molecule has 2 atom stereocenters. The van der Waals surface area contributed by atoms with Crippen molar-refractivity contribution in [3.05, 3.63) is 30.3 Å². The van der Waals surface area contributed by atoms with Gasteiger partial charge < -0.3 is 14.5 Å². The van der Waals surface area contributed by atoms with Crippen LogP contribution in [0.4, 0.5) is 5.69 Å². The summed E-state index contributed by atoms with van der Waals surface area (Å²) in [5.74, 6) is 0.200. The maximum atomic E-state index is 12.8. The summed E-state index contributed by atoms with van der Waals surface area (Å²) in [5.41, 5.74) is 0.310. The lowest BCUT2D eigenvalue weighted by molar-refractivity contribution is -0.158. The molecule has 128 valence electrons. The number of ether oxygens (including phenoxy) is 1. The van der Waals surface area contributed by atoms with Gasteiger partial charge in [-0.05, 0) is 38.3 Å². The Kier molecular flexibility index (Phi) is 3.46. The van der Waals surface area contributed by atoms with E-state index >= 15 is 0 Å². The Bertz CT molecular complexity index is 670. The van der Waals surface area contributed by atoms with Crippen molar-refractivity contribution in [2.24, 2.45) is 5.41 Å². The minimum absolute atomic E-state index is 0.0318. The van der Waals surface area contributed by atoms with E-state index in [4.69, 9.17) is 4.74 Å². The summed E-state index contributed by atoms with van der Waals surface area (Å²) in [6.07, 6.45) is 2.71. The highest BCUT2D eigenvalue weighted by Crippen LogP contribution is 2.47. The third-order valence-electron chi connectivity index (χ3n) is 5.92. The van der Waals surface area contributed by atoms with E-state index in [0.29, 0.717) is 13.1 Å². The Hall–Kier alpha value is -1.88. The molecule has 3 aliphatic rings. The van der Waals surface area contributed by atoms with Gasteiger partial charge in [-0.1, -0.05) is 25.1 Å². The average molecular weight is 328 g/mol. The van der Waals surface area contributed by atoms with Crippen molar-refractivity contribution in [2.75, 3.05) is 24.6 Å². The van der Waals surface area contributed by atoms with Gasteiger partial charge in [-0.2, -0.15) is 0 Å². The Labute approximate surface area is 142 Å². The van der Waals surface area contributed by atoms with E-state index in [2.05, 4.69) is 6.92 Å². The molecule has 4 rings (SSSR count). The molecule has 0 unspecified atom stereocenters. The maximum Gasteiger partial charge on any atom is 0.253 e. The Morgan fingerprint density at radius 3 is 2.54 bits per heavy atom. The first-order chi connectivity index (χ1) is 11.4. The number of hydrogen-bond donors (Lipinski definition) is 0. The minimum atomic E-state index is -0.398. The number of fused-ring (bicyclic) bond motifs is 1. The zero-order chi connectivity index (χ0) is 16.9. The summed E-state index contributed by atoms with van der Waals surface area (Å²) in [7, 11) is 0. The van der Waals surface area contributed by atoms with Crippen molar-refractivity contribution < 1.29 is 14.3 Å². The lowest BCUT2D eigenvalue weighted by Crippen LogP contribution is -2.68. The number of anilines is 1. The molecule has 0 spiro atoms. The highest BCUT2D eigenvalue weighted by molar-refractivity contribution is 5.96. The van der Waals surface area contributed by atoms with E-state index in [1.165, 1.54) is 0 Å². The highest BCUT2D eigenvalue weighted by atomic mass is 16.5. The quantitative estimate of drug-likeness (QED) is 0.836. The number of hydrogen-bond acceptors (Lipinski definition) is 3. The molecule has 1 aliphatic carbocycles. The molecular formula is C19H24N2O3. The normalized spacial score (nSPS) is 31.6. The van der Waals surface area contributed by atoms with Crippen LogP contribution in [-0.4, -0.2) is 48.1 Å². The van der Waals surface area contributed by atoms with Crippen molar-refractivity contribution in [1.82, 2.24) is 4.90 Å². The first-order valence-corrected chi connectivity index (χ1v) is 8.73. The standard InChI is InChI=1S/C19H24N2O3/c1-18(8-9-18)17(23)20-11-10-19(2)15(12-20)21(16(22)13-24-19)14-6-4-3-5-7-14/h3-7,15H,8-13H2,1-2H3/t15-,19-/m1/s1. The molecule has 0 aromatic heterocycles. The predicted octanol–water partition coefficient (Wildman–Crippen LogP) is 2.21. The summed E-state index contributed by atoms with van der Waals surface area (Å²) in [5, 5.41) is 0. The van der Waals surface area contributed by atoms with E-state index in [0.717, 1.165) is 24.9 Å². The molecule has 1 aromatic carbocycles. The number of carbonyl (C=O) groups is 2. The molecule has 2 amide bonds. The molecule has 1 aromatic rings. The molecule has 2 heterocycles.